The zero-order valence-corrected chi connectivity index (χ0v) is 12.4. The fourth-order valence-electron chi connectivity index (χ4n) is 1.66. The number of para-hydroxylation sites is 1. The summed E-state index contributed by atoms with van der Waals surface area (Å²) in [6.45, 7) is 0. The van der Waals surface area contributed by atoms with Crippen molar-refractivity contribution in [3.63, 3.8) is 0 Å². The predicted molar refractivity (Wildman–Crippen MR) is 82.5 cm³/mol. The quantitative estimate of drug-likeness (QED) is 0.942. The van der Waals surface area contributed by atoms with E-state index in [1.807, 2.05) is 6.07 Å². The van der Waals surface area contributed by atoms with Gasteiger partial charge in [0.05, 0.1) is 22.1 Å². The molecule has 6 heteroatoms. The van der Waals surface area contributed by atoms with Crippen molar-refractivity contribution in [2.75, 3.05) is 11.1 Å². The Morgan fingerprint density at radius 2 is 1.86 bits per heavy atom. The van der Waals surface area contributed by atoms with Crippen LogP contribution in [0.5, 0.6) is 0 Å². The Kier molecular flexibility index (Phi) is 5.09. The van der Waals surface area contributed by atoms with Gasteiger partial charge in [0.25, 0.3) is 0 Å². The summed E-state index contributed by atoms with van der Waals surface area (Å²) in [6.07, 6.45) is 0. The highest BCUT2D eigenvalue weighted by molar-refractivity contribution is 7.85. The highest BCUT2D eigenvalue weighted by atomic mass is 35.5. The van der Waals surface area contributed by atoms with E-state index in [0.717, 1.165) is 0 Å². The van der Waals surface area contributed by atoms with Crippen LogP contribution in [0.4, 0.5) is 5.69 Å². The third-order valence-electron chi connectivity index (χ3n) is 2.66. The van der Waals surface area contributed by atoms with Gasteiger partial charge in [-0.15, -0.1) is 0 Å². The third-order valence-corrected chi connectivity index (χ3v) is 4.23. The number of hydrogen-bond acceptors (Lipinski definition) is 3. The van der Waals surface area contributed by atoms with Gasteiger partial charge in [0, 0.05) is 9.92 Å². The van der Waals surface area contributed by atoms with E-state index in [-0.39, 0.29) is 5.75 Å². The molecule has 0 radical (unpaired) electrons. The van der Waals surface area contributed by atoms with Crippen LogP contribution in [0.1, 0.15) is 5.56 Å². The summed E-state index contributed by atoms with van der Waals surface area (Å²) in [4.78, 5) is 12.4. The third kappa shape index (κ3) is 4.15. The predicted octanol–water partition coefficient (Wildman–Crippen LogP) is 2.96. The Bertz CT molecular complexity index is 723. The molecule has 0 saturated heterocycles. The van der Waals surface area contributed by atoms with Crippen LogP contribution >= 0.6 is 11.6 Å². The van der Waals surface area contributed by atoms with Crippen molar-refractivity contribution in [1.29, 1.82) is 5.26 Å². The minimum Gasteiger partial charge on any atom is -0.324 e. The summed E-state index contributed by atoms with van der Waals surface area (Å²) in [6, 6.07) is 15.1. The van der Waals surface area contributed by atoms with Gasteiger partial charge in [0.1, 0.15) is 11.8 Å². The smallest absolute Gasteiger partial charge is 0.237 e. The fraction of sp³-hybridized carbons (Fsp3) is 0.0667. The van der Waals surface area contributed by atoms with Gasteiger partial charge in [0.15, 0.2) is 0 Å². The second-order valence-electron chi connectivity index (χ2n) is 4.15. The first-order chi connectivity index (χ1) is 10.1. The molecule has 0 aliphatic rings. The van der Waals surface area contributed by atoms with Gasteiger partial charge in [0.2, 0.25) is 5.91 Å². The molecule has 4 nitrogen and oxygen atoms in total. The summed E-state index contributed by atoms with van der Waals surface area (Å²) < 4.78 is 12.1. The van der Waals surface area contributed by atoms with Crippen LogP contribution in [0.3, 0.4) is 0 Å². The van der Waals surface area contributed by atoms with Crippen LogP contribution in [0, 0.1) is 11.3 Å². The number of nitrogens with zero attached hydrogens (tertiary/aromatic N) is 1. The zero-order chi connectivity index (χ0) is 15.2. The molecule has 0 aliphatic heterocycles. The van der Waals surface area contributed by atoms with Crippen molar-refractivity contribution in [3.05, 3.63) is 59.1 Å². The van der Waals surface area contributed by atoms with Gasteiger partial charge in [-0.2, -0.15) is 5.26 Å². The van der Waals surface area contributed by atoms with E-state index in [2.05, 4.69) is 5.32 Å². The van der Waals surface area contributed by atoms with Gasteiger partial charge < -0.3 is 5.32 Å². The number of carbonyl (C=O) groups is 1. The summed E-state index contributed by atoms with van der Waals surface area (Å²) >= 11 is 5.75. The molecular formula is C15H11ClN2O2S. The maximum absolute atomic E-state index is 12.1. The molecule has 2 aromatic carbocycles. The number of carbonyl (C=O) groups excluding carboxylic acids is 1. The summed E-state index contributed by atoms with van der Waals surface area (Å²) in [7, 11) is -1.46. The second-order valence-corrected chi connectivity index (χ2v) is 6.04. The molecule has 0 fully saturated rings. The topological polar surface area (TPSA) is 70.0 Å². The number of halogens is 1. The molecule has 2 rings (SSSR count). The highest BCUT2D eigenvalue weighted by Gasteiger charge is 2.12. The summed E-state index contributed by atoms with van der Waals surface area (Å²) in [5, 5.41) is 12.1. The second kappa shape index (κ2) is 7.02. The van der Waals surface area contributed by atoms with E-state index < -0.39 is 16.7 Å². The van der Waals surface area contributed by atoms with E-state index in [1.54, 1.807) is 48.5 Å². The molecule has 2 aromatic rings. The SMILES string of the molecule is N#Cc1ccccc1NC(=O)CS(=O)c1ccc(Cl)cc1. The van der Waals surface area contributed by atoms with E-state index >= 15 is 0 Å². The molecule has 1 N–H and O–H groups in total. The monoisotopic (exact) mass is 318 g/mol. The molecule has 0 aliphatic carbocycles. The number of benzene rings is 2. The number of nitrogens with one attached hydrogen (secondary N) is 1. The van der Waals surface area contributed by atoms with E-state index in [1.165, 1.54) is 0 Å². The lowest BCUT2D eigenvalue weighted by molar-refractivity contribution is -0.113. The van der Waals surface area contributed by atoms with Gasteiger partial charge >= 0.3 is 0 Å². The van der Waals surface area contributed by atoms with Crippen LogP contribution < -0.4 is 5.32 Å². The Morgan fingerprint density at radius 3 is 2.52 bits per heavy atom. The lowest BCUT2D eigenvalue weighted by Crippen LogP contribution is -2.20. The molecule has 0 saturated carbocycles. The highest BCUT2D eigenvalue weighted by Crippen LogP contribution is 2.15. The minimum atomic E-state index is -1.46. The maximum atomic E-state index is 12.1. The first-order valence-corrected chi connectivity index (χ1v) is 7.73. The molecule has 21 heavy (non-hydrogen) atoms. The zero-order valence-electron chi connectivity index (χ0n) is 10.9. The molecule has 1 unspecified atom stereocenters. The molecule has 1 amide bonds. The average molecular weight is 319 g/mol. The normalized spacial score (nSPS) is 11.4. The van der Waals surface area contributed by atoms with Crippen molar-refractivity contribution >= 4 is 34.0 Å². The number of anilines is 1. The number of rotatable bonds is 4. The molecule has 0 spiro atoms. The van der Waals surface area contributed by atoms with Gasteiger partial charge in [-0.3, -0.25) is 9.00 Å². The molecule has 0 aromatic heterocycles. The largest absolute Gasteiger partial charge is 0.324 e. The Labute approximate surface area is 129 Å². The van der Waals surface area contributed by atoms with Gasteiger partial charge in [-0.1, -0.05) is 23.7 Å². The van der Waals surface area contributed by atoms with Crippen LogP contribution in [0.25, 0.3) is 0 Å². The molecule has 0 bridgehead atoms. The van der Waals surface area contributed by atoms with E-state index in [4.69, 9.17) is 16.9 Å². The maximum Gasteiger partial charge on any atom is 0.237 e. The molecule has 1 atom stereocenters. The van der Waals surface area contributed by atoms with Crippen molar-refractivity contribution in [1.82, 2.24) is 0 Å². The first-order valence-electron chi connectivity index (χ1n) is 6.03. The van der Waals surface area contributed by atoms with E-state index in [9.17, 15) is 9.00 Å². The standard InChI is InChI=1S/C15H11ClN2O2S/c16-12-5-7-13(8-6-12)21(20)10-15(19)18-14-4-2-1-3-11(14)9-17/h1-8H,10H2,(H,18,19). The van der Waals surface area contributed by atoms with Crippen molar-refractivity contribution in [3.8, 4) is 6.07 Å². The lowest BCUT2D eigenvalue weighted by atomic mass is 10.2. The average Bonchev–Trinajstić information content (AvgIpc) is 2.48. The van der Waals surface area contributed by atoms with Crippen molar-refractivity contribution in [2.45, 2.75) is 4.90 Å². The molecular weight excluding hydrogens is 308 g/mol. The fourth-order valence-corrected chi connectivity index (χ4v) is 2.71. The first kappa shape index (κ1) is 15.2. The van der Waals surface area contributed by atoms with Crippen LogP contribution in [-0.4, -0.2) is 15.9 Å². The van der Waals surface area contributed by atoms with E-state index in [0.29, 0.717) is 21.2 Å². The van der Waals surface area contributed by atoms with Crippen molar-refractivity contribution in [2.24, 2.45) is 0 Å². The Balaban J connectivity index is 2.03. The van der Waals surface area contributed by atoms with Gasteiger partial charge in [-0.25, -0.2) is 0 Å². The Morgan fingerprint density at radius 1 is 1.19 bits per heavy atom. The minimum absolute atomic E-state index is 0.179. The number of nitriles is 1. The summed E-state index contributed by atoms with van der Waals surface area (Å²) in [5.41, 5.74) is 0.779. The van der Waals surface area contributed by atoms with Crippen molar-refractivity contribution < 1.29 is 9.00 Å². The lowest BCUT2D eigenvalue weighted by Gasteiger charge is -2.07. The van der Waals surface area contributed by atoms with Crippen LogP contribution in [0.15, 0.2) is 53.4 Å². The summed E-state index contributed by atoms with van der Waals surface area (Å²) in [5.74, 6) is -0.590. The van der Waals surface area contributed by atoms with Gasteiger partial charge in [-0.05, 0) is 36.4 Å². The number of amides is 1. The Hall–Kier alpha value is -2.16. The number of hydrogen-bond donors (Lipinski definition) is 1. The van der Waals surface area contributed by atoms with Crippen LogP contribution in [0.2, 0.25) is 5.02 Å². The molecule has 106 valence electrons. The van der Waals surface area contributed by atoms with Crippen LogP contribution in [-0.2, 0) is 15.6 Å². The molecule has 0 heterocycles.